The van der Waals surface area contributed by atoms with E-state index in [9.17, 15) is 14.4 Å². The Morgan fingerprint density at radius 2 is 1.85 bits per heavy atom. The van der Waals surface area contributed by atoms with Gasteiger partial charge in [-0.3, -0.25) is 19.3 Å². The summed E-state index contributed by atoms with van der Waals surface area (Å²) in [5.74, 6) is -0.281. The molecule has 0 spiro atoms. The maximum Gasteiger partial charge on any atom is 0.294 e. The molecule has 1 fully saturated rings. The van der Waals surface area contributed by atoms with E-state index in [1.54, 1.807) is 48.5 Å². The summed E-state index contributed by atoms with van der Waals surface area (Å²) in [4.78, 5) is 38.4. The first-order valence-corrected chi connectivity index (χ1v) is 12.0. The number of hydrogen-bond donors (Lipinski definition) is 1. The Hall–Kier alpha value is -2.23. The third kappa shape index (κ3) is 5.47. The van der Waals surface area contributed by atoms with Crippen LogP contribution in [0.25, 0.3) is 17.4 Å². The number of halogens is 4. The van der Waals surface area contributed by atoms with Gasteiger partial charge >= 0.3 is 0 Å². The van der Waals surface area contributed by atoms with Crippen LogP contribution >= 0.6 is 62.5 Å². The van der Waals surface area contributed by atoms with E-state index >= 15 is 0 Å². The van der Waals surface area contributed by atoms with E-state index in [2.05, 4.69) is 21.2 Å². The van der Waals surface area contributed by atoms with E-state index in [0.29, 0.717) is 42.3 Å². The van der Waals surface area contributed by atoms with Crippen molar-refractivity contribution in [3.05, 3.63) is 78.7 Å². The van der Waals surface area contributed by atoms with Crippen molar-refractivity contribution in [3.8, 4) is 11.3 Å². The second kappa shape index (κ2) is 9.95. The molecule has 6 nitrogen and oxygen atoms in total. The van der Waals surface area contributed by atoms with Gasteiger partial charge in [0.2, 0.25) is 5.91 Å². The summed E-state index contributed by atoms with van der Waals surface area (Å²) in [6.07, 6.45) is 1.45. The molecule has 1 saturated heterocycles. The highest BCUT2D eigenvalue weighted by atomic mass is 79.9. The first-order chi connectivity index (χ1) is 15.7. The number of rotatable bonds is 5. The fraction of sp³-hybridized carbons (Fsp3) is 0.0455. The van der Waals surface area contributed by atoms with E-state index in [1.807, 2.05) is 0 Å². The lowest BCUT2D eigenvalue weighted by atomic mass is 10.2. The minimum atomic E-state index is -0.587. The third-order valence-corrected chi connectivity index (χ3v) is 7.16. The summed E-state index contributed by atoms with van der Waals surface area (Å²) >= 11 is 22.1. The van der Waals surface area contributed by atoms with Crippen molar-refractivity contribution in [2.24, 2.45) is 0 Å². The molecule has 1 aromatic heterocycles. The van der Waals surface area contributed by atoms with Gasteiger partial charge in [-0.05, 0) is 76.2 Å². The Labute approximate surface area is 216 Å². The molecule has 0 bridgehead atoms. The first-order valence-electron chi connectivity index (χ1n) is 9.27. The largest absolute Gasteiger partial charge is 0.457 e. The number of hydrogen-bond acceptors (Lipinski definition) is 5. The molecule has 11 heteroatoms. The lowest BCUT2D eigenvalue weighted by Gasteiger charge is -2.12. The fourth-order valence-electron chi connectivity index (χ4n) is 2.95. The van der Waals surface area contributed by atoms with Crippen LogP contribution in [0.15, 0.2) is 62.3 Å². The normalized spacial score (nSPS) is 14.9. The van der Waals surface area contributed by atoms with Crippen LogP contribution in [0.3, 0.4) is 0 Å². The molecule has 3 amide bonds. The molecule has 4 rings (SSSR count). The average Bonchev–Trinajstić information content (AvgIpc) is 3.31. The number of amides is 3. The summed E-state index contributed by atoms with van der Waals surface area (Å²) in [6, 6.07) is 13.2. The summed E-state index contributed by atoms with van der Waals surface area (Å²) in [7, 11) is 0. The van der Waals surface area contributed by atoms with Crippen LogP contribution in [0.2, 0.25) is 15.1 Å². The Morgan fingerprint density at radius 1 is 1.06 bits per heavy atom. The standard InChI is InChI=1S/C22H12BrCl3N2O4S/c23-15-5-2-12(8-17(15)26)27-20(29)10-28-21(30)19(33-22(28)31)9-13-3-6-18(32-13)14-4-1-11(24)7-16(14)25/h1-9H,10H2,(H,27,29)/b19-9+. The summed E-state index contributed by atoms with van der Waals surface area (Å²) in [5, 5.41) is 3.39. The second-order valence-corrected chi connectivity index (χ2v) is 9.87. The summed E-state index contributed by atoms with van der Waals surface area (Å²) in [6.45, 7) is -0.431. The van der Waals surface area contributed by atoms with E-state index in [-0.39, 0.29) is 4.91 Å². The van der Waals surface area contributed by atoms with Crippen molar-refractivity contribution in [2.45, 2.75) is 0 Å². The minimum absolute atomic E-state index is 0.141. The quantitative estimate of drug-likeness (QED) is 0.317. The van der Waals surface area contributed by atoms with Crippen LogP contribution < -0.4 is 5.32 Å². The Balaban J connectivity index is 1.46. The van der Waals surface area contributed by atoms with Crippen molar-refractivity contribution >= 4 is 91.3 Å². The lowest BCUT2D eigenvalue weighted by molar-refractivity contribution is -0.127. The molecule has 1 N–H and O–H groups in total. The van der Waals surface area contributed by atoms with Gasteiger partial charge in [-0.25, -0.2) is 0 Å². The Bertz CT molecular complexity index is 1320. The second-order valence-electron chi connectivity index (χ2n) is 6.77. The highest BCUT2D eigenvalue weighted by Gasteiger charge is 2.36. The lowest BCUT2D eigenvalue weighted by Crippen LogP contribution is -2.36. The highest BCUT2D eigenvalue weighted by molar-refractivity contribution is 9.10. The molecule has 2 aromatic carbocycles. The number of nitrogens with zero attached hydrogens (tertiary/aromatic N) is 1. The maximum absolute atomic E-state index is 12.7. The van der Waals surface area contributed by atoms with Crippen LogP contribution in [0.4, 0.5) is 10.5 Å². The molecule has 3 aromatic rings. The number of nitrogens with one attached hydrogen (secondary N) is 1. The highest BCUT2D eigenvalue weighted by Crippen LogP contribution is 2.35. The van der Waals surface area contributed by atoms with Gasteiger partial charge in [0.1, 0.15) is 18.1 Å². The molecule has 1 aliphatic heterocycles. The summed E-state index contributed by atoms with van der Waals surface area (Å²) < 4.78 is 6.44. The van der Waals surface area contributed by atoms with E-state index in [4.69, 9.17) is 39.2 Å². The number of benzene rings is 2. The smallest absolute Gasteiger partial charge is 0.294 e. The molecule has 168 valence electrons. The number of anilines is 1. The predicted octanol–water partition coefficient (Wildman–Crippen LogP) is 7.34. The van der Waals surface area contributed by atoms with Gasteiger partial charge in [0.15, 0.2) is 0 Å². The number of carbonyl (C=O) groups excluding carboxylic acids is 3. The number of furan rings is 1. The zero-order chi connectivity index (χ0) is 23.7. The molecule has 0 unspecified atom stereocenters. The minimum Gasteiger partial charge on any atom is -0.457 e. The number of thioether (sulfide) groups is 1. The zero-order valence-electron chi connectivity index (χ0n) is 16.4. The molecule has 33 heavy (non-hydrogen) atoms. The van der Waals surface area contributed by atoms with Gasteiger partial charge in [-0.2, -0.15) is 0 Å². The molecule has 0 atom stereocenters. The van der Waals surface area contributed by atoms with Gasteiger partial charge in [0.25, 0.3) is 11.1 Å². The Morgan fingerprint density at radius 3 is 2.58 bits per heavy atom. The van der Waals surface area contributed by atoms with Crippen LogP contribution in [0.1, 0.15) is 5.76 Å². The first kappa shape index (κ1) is 23.9. The SMILES string of the molecule is O=C(CN1C(=O)S/C(=C/c2ccc(-c3ccc(Cl)cc3Cl)o2)C1=O)Nc1ccc(Br)c(Cl)c1. The number of imide groups is 1. The molecular formula is C22H12BrCl3N2O4S. The van der Waals surface area contributed by atoms with Gasteiger partial charge in [-0.15, -0.1) is 0 Å². The van der Waals surface area contributed by atoms with Crippen molar-refractivity contribution in [1.82, 2.24) is 4.90 Å². The van der Waals surface area contributed by atoms with Crippen LogP contribution in [0, 0.1) is 0 Å². The van der Waals surface area contributed by atoms with Crippen molar-refractivity contribution in [2.75, 3.05) is 11.9 Å². The van der Waals surface area contributed by atoms with Crippen LogP contribution in [-0.2, 0) is 9.59 Å². The van der Waals surface area contributed by atoms with E-state index in [1.165, 1.54) is 6.08 Å². The molecular weight excluding hydrogens is 575 g/mol. The third-order valence-electron chi connectivity index (χ3n) is 4.48. The van der Waals surface area contributed by atoms with Gasteiger partial charge in [-0.1, -0.05) is 34.8 Å². The van der Waals surface area contributed by atoms with Gasteiger partial charge in [0.05, 0.1) is 15.0 Å². The predicted molar refractivity (Wildman–Crippen MR) is 135 cm³/mol. The van der Waals surface area contributed by atoms with Gasteiger partial charge in [0, 0.05) is 26.8 Å². The van der Waals surface area contributed by atoms with Crippen molar-refractivity contribution in [1.29, 1.82) is 0 Å². The molecule has 2 heterocycles. The monoisotopic (exact) mass is 584 g/mol. The molecule has 0 saturated carbocycles. The molecule has 1 aliphatic rings. The Kier molecular flexibility index (Phi) is 7.21. The van der Waals surface area contributed by atoms with E-state index in [0.717, 1.165) is 16.7 Å². The number of carbonyl (C=O) groups is 3. The van der Waals surface area contributed by atoms with E-state index < -0.39 is 23.6 Å². The molecule has 0 radical (unpaired) electrons. The fourth-order valence-corrected chi connectivity index (χ4v) is 4.70. The topological polar surface area (TPSA) is 79.6 Å². The average molecular weight is 587 g/mol. The van der Waals surface area contributed by atoms with Gasteiger partial charge < -0.3 is 9.73 Å². The summed E-state index contributed by atoms with van der Waals surface area (Å²) in [5.41, 5.74) is 1.08. The van der Waals surface area contributed by atoms with Crippen LogP contribution in [-0.4, -0.2) is 28.5 Å². The molecule has 0 aliphatic carbocycles. The van der Waals surface area contributed by atoms with Crippen molar-refractivity contribution in [3.63, 3.8) is 0 Å². The van der Waals surface area contributed by atoms with Crippen molar-refractivity contribution < 1.29 is 18.8 Å². The zero-order valence-corrected chi connectivity index (χ0v) is 21.1. The maximum atomic E-state index is 12.7. The van der Waals surface area contributed by atoms with Crippen LogP contribution in [0.5, 0.6) is 0 Å².